The highest BCUT2D eigenvalue weighted by Gasteiger charge is 2.23. The van der Waals surface area contributed by atoms with E-state index in [1.54, 1.807) is 18.4 Å². The van der Waals surface area contributed by atoms with Crippen LogP contribution in [0.4, 0.5) is 11.5 Å². The second kappa shape index (κ2) is 7.40. The number of ether oxygens (including phenoxy) is 2. The number of nitrogens with zero attached hydrogens (tertiary/aromatic N) is 4. The molecule has 0 spiro atoms. The van der Waals surface area contributed by atoms with Gasteiger partial charge in [0.25, 0.3) is 0 Å². The average Bonchev–Trinajstić information content (AvgIpc) is 3.21. The van der Waals surface area contributed by atoms with Crippen LogP contribution in [0.2, 0.25) is 0 Å². The van der Waals surface area contributed by atoms with E-state index >= 15 is 0 Å². The summed E-state index contributed by atoms with van der Waals surface area (Å²) in [6.07, 6.45) is 0. The van der Waals surface area contributed by atoms with Crippen LogP contribution in [-0.4, -0.2) is 56.3 Å². The van der Waals surface area contributed by atoms with Crippen LogP contribution in [0.3, 0.4) is 0 Å². The van der Waals surface area contributed by atoms with Gasteiger partial charge in [-0.1, -0.05) is 6.07 Å². The van der Waals surface area contributed by atoms with Gasteiger partial charge in [0.05, 0.1) is 24.4 Å². The van der Waals surface area contributed by atoms with Gasteiger partial charge in [-0.05, 0) is 23.6 Å². The van der Waals surface area contributed by atoms with Gasteiger partial charge in [0.15, 0.2) is 5.82 Å². The van der Waals surface area contributed by atoms with Crippen molar-refractivity contribution in [1.82, 2.24) is 9.97 Å². The van der Waals surface area contributed by atoms with E-state index in [2.05, 4.69) is 25.8 Å². The molecule has 4 rings (SSSR count). The maximum atomic E-state index is 11.9. The monoisotopic (exact) mass is 384 g/mol. The fourth-order valence-electron chi connectivity index (χ4n) is 3.23. The number of methoxy groups -OCH3 is 2. The number of hydrogen-bond donors (Lipinski definition) is 0. The molecule has 0 atom stereocenters. The van der Waals surface area contributed by atoms with Crippen LogP contribution in [0.15, 0.2) is 35.7 Å². The molecule has 0 amide bonds. The summed E-state index contributed by atoms with van der Waals surface area (Å²) >= 11 is 1.59. The van der Waals surface area contributed by atoms with E-state index in [0.717, 1.165) is 53.7 Å². The van der Waals surface area contributed by atoms with E-state index in [1.807, 2.05) is 29.6 Å². The Morgan fingerprint density at radius 1 is 1.07 bits per heavy atom. The highest BCUT2D eigenvalue weighted by Crippen LogP contribution is 2.30. The molecule has 27 heavy (non-hydrogen) atoms. The van der Waals surface area contributed by atoms with Gasteiger partial charge in [0.2, 0.25) is 5.82 Å². The Hall–Kier alpha value is -2.87. The van der Waals surface area contributed by atoms with Crippen molar-refractivity contribution >= 4 is 39.0 Å². The first-order valence-corrected chi connectivity index (χ1v) is 9.55. The summed E-state index contributed by atoms with van der Waals surface area (Å²) < 4.78 is 11.1. The number of fused-ring (bicyclic) bond motifs is 1. The normalized spacial score (nSPS) is 14.4. The van der Waals surface area contributed by atoms with Gasteiger partial charge >= 0.3 is 5.97 Å². The van der Waals surface area contributed by atoms with Gasteiger partial charge in [-0.15, -0.1) is 11.3 Å². The molecule has 0 aliphatic carbocycles. The molecule has 0 radical (unpaired) electrons. The summed E-state index contributed by atoms with van der Waals surface area (Å²) in [6.45, 7) is 3.33. The molecule has 2 aromatic heterocycles. The molecule has 7 nitrogen and oxygen atoms in total. The minimum atomic E-state index is -0.514. The SMILES string of the molecule is COC(=O)c1nc(N2CCN(c3cccc(OC)c3)CC2)c2sccc2n1. The first kappa shape index (κ1) is 17.5. The van der Waals surface area contributed by atoms with Crippen molar-refractivity contribution in [3.8, 4) is 5.75 Å². The van der Waals surface area contributed by atoms with Gasteiger partial charge in [0, 0.05) is 37.9 Å². The van der Waals surface area contributed by atoms with Crippen LogP contribution < -0.4 is 14.5 Å². The van der Waals surface area contributed by atoms with Gasteiger partial charge in [-0.3, -0.25) is 0 Å². The van der Waals surface area contributed by atoms with Crippen LogP contribution in [0, 0.1) is 0 Å². The van der Waals surface area contributed by atoms with Crippen LogP contribution in [-0.2, 0) is 4.74 Å². The smallest absolute Gasteiger partial charge is 0.376 e. The number of hydrogen-bond acceptors (Lipinski definition) is 8. The number of esters is 1. The van der Waals surface area contributed by atoms with Gasteiger partial charge in [-0.2, -0.15) is 0 Å². The summed E-state index contributed by atoms with van der Waals surface area (Å²) in [5.74, 6) is 1.25. The number of anilines is 2. The molecule has 1 aliphatic heterocycles. The van der Waals surface area contributed by atoms with Crippen molar-refractivity contribution < 1.29 is 14.3 Å². The molecule has 3 heterocycles. The average molecular weight is 384 g/mol. The van der Waals surface area contributed by atoms with Gasteiger partial charge in [-0.25, -0.2) is 14.8 Å². The van der Waals surface area contributed by atoms with E-state index < -0.39 is 5.97 Å². The summed E-state index contributed by atoms with van der Waals surface area (Å²) in [5.41, 5.74) is 1.92. The van der Waals surface area contributed by atoms with Crippen molar-refractivity contribution in [3.05, 3.63) is 41.5 Å². The Morgan fingerprint density at radius 2 is 1.85 bits per heavy atom. The first-order valence-electron chi connectivity index (χ1n) is 8.67. The number of thiophene rings is 1. The van der Waals surface area contributed by atoms with Gasteiger partial charge in [0.1, 0.15) is 5.75 Å². The third kappa shape index (κ3) is 3.40. The minimum Gasteiger partial charge on any atom is -0.497 e. The second-order valence-corrected chi connectivity index (χ2v) is 7.09. The quantitative estimate of drug-likeness (QED) is 0.641. The van der Waals surface area contributed by atoms with Crippen LogP contribution in [0.25, 0.3) is 10.2 Å². The Labute approximate surface area is 161 Å². The van der Waals surface area contributed by atoms with Crippen molar-refractivity contribution in [2.45, 2.75) is 0 Å². The highest BCUT2D eigenvalue weighted by atomic mass is 32.1. The Balaban J connectivity index is 1.57. The molecule has 3 aromatic rings. The maximum absolute atomic E-state index is 11.9. The molecule has 0 N–H and O–H groups in total. The first-order chi connectivity index (χ1) is 13.2. The molecule has 1 saturated heterocycles. The Morgan fingerprint density at radius 3 is 2.59 bits per heavy atom. The van der Waals surface area contributed by atoms with E-state index in [-0.39, 0.29) is 5.82 Å². The zero-order chi connectivity index (χ0) is 18.8. The topological polar surface area (TPSA) is 67.8 Å². The predicted octanol–water partition coefficient (Wildman–Crippen LogP) is 2.81. The summed E-state index contributed by atoms with van der Waals surface area (Å²) in [4.78, 5) is 25.3. The lowest BCUT2D eigenvalue weighted by molar-refractivity contribution is 0.0587. The van der Waals surface area contributed by atoms with Crippen molar-refractivity contribution in [2.24, 2.45) is 0 Å². The van der Waals surface area contributed by atoms with Crippen LogP contribution in [0.5, 0.6) is 5.75 Å². The van der Waals surface area contributed by atoms with E-state index in [9.17, 15) is 4.79 Å². The molecule has 0 saturated carbocycles. The Kier molecular flexibility index (Phi) is 4.81. The number of piperazine rings is 1. The van der Waals surface area contributed by atoms with Crippen LogP contribution in [0.1, 0.15) is 10.6 Å². The molecular weight excluding hydrogens is 364 g/mol. The zero-order valence-corrected chi connectivity index (χ0v) is 16.0. The zero-order valence-electron chi connectivity index (χ0n) is 15.2. The van der Waals surface area contributed by atoms with E-state index in [1.165, 1.54) is 7.11 Å². The molecular formula is C19H20N4O3S. The van der Waals surface area contributed by atoms with Gasteiger partial charge < -0.3 is 19.3 Å². The number of rotatable bonds is 4. The predicted molar refractivity (Wildman–Crippen MR) is 106 cm³/mol. The molecule has 1 aromatic carbocycles. The van der Waals surface area contributed by atoms with E-state index in [4.69, 9.17) is 9.47 Å². The van der Waals surface area contributed by atoms with Crippen LogP contribution >= 0.6 is 11.3 Å². The third-order valence-electron chi connectivity index (χ3n) is 4.65. The minimum absolute atomic E-state index is 0.105. The lowest BCUT2D eigenvalue weighted by atomic mass is 10.2. The van der Waals surface area contributed by atoms with Crippen molar-refractivity contribution in [1.29, 1.82) is 0 Å². The number of carbonyl (C=O) groups is 1. The summed E-state index contributed by atoms with van der Waals surface area (Å²) in [6, 6.07) is 10.00. The third-order valence-corrected chi connectivity index (χ3v) is 5.55. The standard InChI is InChI=1S/C19H20N4O3S/c1-25-14-5-3-4-13(12-14)22-7-9-23(10-8-22)18-16-15(6-11-27-16)20-17(21-18)19(24)26-2/h3-6,11-12H,7-10H2,1-2H3. The van der Waals surface area contributed by atoms with Crippen molar-refractivity contribution in [2.75, 3.05) is 50.2 Å². The maximum Gasteiger partial charge on any atom is 0.376 e. The fourth-order valence-corrected chi connectivity index (χ4v) is 4.08. The molecule has 1 aliphatic rings. The summed E-state index contributed by atoms with van der Waals surface area (Å²) in [5, 5.41) is 1.97. The highest BCUT2D eigenvalue weighted by molar-refractivity contribution is 7.17. The number of benzene rings is 1. The summed E-state index contributed by atoms with van der Waals surface area (Å²) in [7, 11) is 3.02. The fraction of sp³-hybridized carbons (Fsp3) is 0.316. The lowest BCUT2D eigenvalue weighted by Crippen LogP contribution is -2.47. The van der Waals surface area contributed by atoms with Crippen molar-refractivity contribution in [3.63, 3.8) is 0 Å². The Bertz CT molecular complexity index is 966. The molecule has 8 heteroatoms. The number of carbonyl (C=O) groups excluding carboxylic acids is 1. The molecule has 1 fully saturated rings. The molecule has 0 unspecified atom stereocenters. The molecule has 0 bridgehead atoms. The second-order valence-electron chi connectivity index (χ2n) is 6.17. The largest absolute Gasteiger partial charge is 0.497 e. The lowest BCUT2D eigenvalue weighted by Gasteiger charge is -2.37. The number of aromatic nitrogens is 2. The van der Waals surface area contributed by atoms with E-state index in [0.29, 0.717) is 0 Å². The molecule has 140 valence electrons.